The normalized spacial score (nSPS) is 20.2. The lowest BCUT2D eigenvalue weighted by molar-refractivity contribution is -0.137. The molecule has 1 aromatic carbocycles. The van der Waals surface area contributed by atoms with E-state index in [0.717, 1.165) is 70.8 Å². The number of ether oxygens (including phenoxy) is 1. The van der Waals surface area contributed by atoms with Crippen molar-refractivity contribution in [1.29, 1.82) is 0 Å². The Bertz CT molecular complexity index is 792. The molecule has 0 bridgehead atoms. The Morgan fingerprint density at radius 3 is 2.69 bits per heavy atom. The number of alkyl halides is 3. The quantitative estimate of drug-likeness (QED) is 0.248. The number of nitrogens with one attached hydrogen (secondary N) is 2. The molecule has 0 aromatic heterocycles. The Morgan fingerprint density at radius 1 is 1.25 bits per heavy atom. The number of hydrogen-bond donors (Lipinski definition) is 2. The summed E-state index contributed by atoms with van der Waals surface area (Å²) < 4.78 is 43.9. The first kappa shape index (κ1) is 26.7. The first-order valence-corrected chi connectivity index (χ1v) is 10.9. The van der Waals surface area contributed by atoms with Gasteiger partial charge < -0.3 is 20.3 Å². The monoisotopic (exact) mass is 564 g/mol. The highest BCUT2D eigenvalue weighted by Gasteiger charge is 2.30. The summed E-state index contributed by atoms with van der Waals surface area (Å²) in [6, 6.07) is 5.40. The van der Waals surface area contributed by atoms with Crippen molar-refractivity contribution < 1.29 is 17.9 Å². The number of halogens is 4. The summed E-state index contributed by atoms with van der Waals surface area (Å²) in [6.07, 6.45) is -1.10. The number of rotatable bonds is 5. The summed E-state index contributed by atoms with van der Waals surface area (Å²) in [5.74, 6) is 6.98. The Kier molecular flexibility index (Phi) is 11.1. The van der Waals surface area contributed by atoms with Crippen molar-refractivity contribution in [2.24, 2.45) is 10.9 Å². The molecule has 1 atom stereocenters. The number of likely N-dealkylation sites (tertiary alicyclic amines) is 1. The van der Waals surface area contributed by atoms with E-state index in [0.29, 0.717) is 23.5 Å². The van der Waals surface area contributed by atoms with Gasteiger partial charge in [-0.3, -0.25) is 0 Å². The third-order valence-corrected chi connectivity index (χ3v) is 5.55. The summed E-state index contributed by atoms with van der Waals surface area (Å²) in [6.45, 7) is 7.95. The molecule has 2 fully saturated rings. The molecular weight excluding hydrogens is 532 g/mol. The lowest BCUT2D eigenvalue weighted by Gasteiger charge is -2.34. The zero-order chi connectivity index (χ0) is 22.1. The second kappa shape index (κ2) is 13.3. The van der Waals surface area contributed by atoms with Crippen molar-refractivity contribution in [1.82, 2.24) is 15.5 Å². The second-order valence-corrected chi connectivity index (χ2v) is 8.02. The van der Waals surface area contributed by atoms with Crippen LogP contribution in [0.1, 0.15) is 37.3 Å². The molecule has 0 saturated carbocycles. The van der Waals surface area contributed by atoms with Crippen molar-refractivity contribution in [2.45, 2.75) is 38.4 Å². The summed E-state index contributed by atoms with van der Waals surface area (Å²) in [5.41, 5.74) is -0.354. The minimum Gasteiger partial charge on any atom is -0.381 e. The van der Waals surface area contributed by atoms with Gasteiger partial charge >= 0.3 is 6.18 Å². The molecule has 1 aromatic rings. The fourth-order valence-electron chi connectivity index (χ4n) is 3.90. The highest BCUT2D eigenvalue weighted by Crippen LogP contribution is 2.29. The van der Waals surface area contributed by atoms with Crippen LogP contribution in [0.5, 0.6) is 0 Å². The molecule has 0 amide bonds. The van der Waals surface area contributed by atoms with E-state index < -0.39 is 11.7 Å². The first-order valence-electron chi connectivity index (χ1n) is 10.9. The van der Waals surface area contributed by atoms with Crippen LogP contribution >= 0.6 is 24.0 Å². The Balaban J connectivity index is 0.00000363. The van der Waals surface area contributed by atoms with Crippen molar-refractivity contribution in [3.8, 4) is 11.8 Å². The summed E-state index contributed by atoms with van der Waals surface area (Å²) in [7, 11) is 0. The van der Waals surface area contributed by atoms with E-state index in [2.05, 4.69) is 32.4 Å². The number of nitrogens with zero attached hydrogens (tertiary/aromatic N) is 2. The molecule has 2 saturated heterocycles. The molecule has 32 heavy (non-hydrogen) atoms. The number of guanidine groups is 1. The maximum atomic E-state index is 12.8. The van der Waals surface area contributed by atoms with Crippen molar-refractivity contribution in [3.05, 3.63) is 35.4 Å². The molecule has 2 aliphatic heterocycles. The van der Waals surface area contributed by atoms with Gasteiger partial charge in [-0.05, 0) is 50.3 Å². The van der Waals surface area contributed by atoms with Crippen molar-refractivity contribution in [2.75, 3.05) is 45.9 Å². The van der Waals surface area contributed by atoms with E-state index in [1.54, 1.807) is 6.07 Å². The van der Waals surface area contributed by atoms with Crippen LogP contribution < -0.4 is 10.6 Å². The minimum absolute atomic E-state index is 0. The largest absolute Gasteiger partial charge is 0.416 e. The summed E-state index contributed by atoms with van der Waals surface area (Å²) in [4.78, 5) is 6.98. The van der Waals surface area contributed by atoms with Gasteiger partial charge in [0, 0.05) is 44.4 Å². The Labute approximate surface area is 205 Å². The van der Waals surface area contributed by atoms with Crippen LogP contribution in [0.15, 0.2) is 29.3 Å². The Hall–Kier alpha value is -1.51. The van der Waals surface area contributed by atoms with Gasteiger partial charge in [-0.15, -0.1) is 24.0 Å². The topological polar surface area (TPSA) is 48.9 Å². The van der Waals surface area contributed by atoms with Crippen LogP contribution in [0.25, 0.3) is 0 Å². The van der Waals surface area contributed by atoms with Crippen LogP contribution in [-0.4, -0.2) is 62.8 Å². The second-order valence-electron chi connectivity index (χ2n) is 8.02. The van der Waals surface area contributed by atoms with E-state index in [1.165, 1.54) is 6.07 Å². The third kappa shape index (κ3) is 8.79. The number of benzene rings is 1. The SMILES string of the molecule is CCNC(=NCC#Cc1cccc(C(F)(F)F)c1)NC1CCN(CC2CCOC2)CC1.I. The molecule has 2 N–H and O–H groups in total. The van der Waals surface area contributed by atoms with Crippen molar-refractivity contribution in [3.63, 3.8) is 0 Å². The molecule has 2 aliphatic rings. The van der Waals surface area contributed by atoms with Gasteiger partial charge in [-0.2, -0.15) is 13.2 Å². The summed E-state index contributed by atoms with van der Waals surface area (Å²) >= 11 is 0. The van der Waals surface area contributed by atoms with Gasteiger partial charge in [0.25, 0.3) is 0 Å². The summed E-state index contributed by atoms with van der Waals surface area (Å²) in [5, 5.41) is 6.69. The van der Waals surface area contributed by atoms with E-state index in [1.807, 2.05) is 6.92 Å². The van der Waals surface area contributed by atoms with Gasteiger partial charge in [-0.25, -0.2) is 4.99 Å². The van der Waals surface area contributed by atoms with Crippen LogP contribution in [0.3, 0.4) is 0 Å². The molecule has 2 heterocycles. The van der Waals surface area contributed by atoms with Gasteiger partial charge in [0.05, 0.1) is 12.2 Å². The van der Waals surface area contributed by atoms with E-state index in [9.17, 15) is 13.2 Å². The zero-order valence-electron chi connectivity index (χ0n) is 18.4. The smallest absolute Gasteiger partial charge is 0.381 e. The van der Waals surface area contributed by atoms with Gasteiger partial charge in [0.2, 0.25) is 0 Å². The molecule has 0 spiro atoms. The predicted molar refractivity (Wildman–Crippen MR) is 131 cm³/mol. The molecule has 0 radical (unpaired) electrons. The zero-order valence-corrected chi connectivity index (χ0v) is 20.7. The maximum absolute atomic E-state index is 12.8. The highest BCUT2D eigenvalue weighted by atomic mass is 127. The fourth-order valence-corrected chi connectivity index (χ4v) is 3.90. The minimum atomic E-state index is -4.36. The standard InChI is InChI=1S/C23H31F3N4O.HI/c1-2-27-22(28-11-4-6-18-5-3-7-20(15-18)23(24,25)26)29-21-8-12-30(13-9-21)16-19-10-14-31-17-19;/h3,5,7,15,19,21H,2,8-14,16-17H2,1H3,(H2,27,28,29);1H. The third-order valence-electron chi connectivity index (χ3n) is 5.55. The number of aliphatic imine (C=N–C) groups is 1. The fraction of sp³-hybridized carbons (Fsp3) is 0.609. The van der Waals surface area contributed by atoms with Crippen LogP contribution in [0, 0.1) is 17.8 Å². The van der Waals surface area contributed by atoms with Crippen LogP contribution in [0.2, 0.25) is 0 Å². The van der Waals surface area contributed by atoms with Crippen molar-refractivity contribution >= 4 is 29.9 Å². The Morgan fingerprint density at radius 2 is 2.03 bits per heavy atom. The molecular formula is C23H32F3IN4O. The van der Waals surface area contributed by atoms with Crippen LogP contribution in [-0.2, 0) is 10.9 Å². The molecule has 5 nitrogen and oxygen atoms in total. The molecule has 178 valence electrons. The maximum Gasteiger partial charge on any atom is 0.416 e. The first-order chi connectivity index (χ1) is 14.9. The molecule has 0 aliphatic carbocycles. The lowest BCUT2D eigenvalue weighted by atomic mass is 10.0. The van der Waals surface area contributed by atoms with E-state index in [-0.39, 0.29) is 30.5 Å². The average molecular weight is 564 g/mol. The molecule has 3 rings (SSSR count). The molecule has 1 unspecified atom stereocenters. The molecule has 9 heteroatoms. The van der Waals surface area contributed by atoms with E-state index >= 15 is 0 Å². The van der Waals surface area contributed by atoms with Gasteiger partial charge in [-0.1, -0.05) is 17.9 Å². The van der Waals surface area contributed by atoms with E-state index in [4.69, 9.17) is 4.74 Å². The van der Waals surface area contributed by atoms with Gasteiger partial charge in [0.15, 0.2) is 5.96 Å². The van der Waals surface area contributed by atoms with Gasteiger partial charge in [0.1, 0.15) is 6.54 Å². The number of hydrogen-bond acceptors (Lipinski definition) is 3. The highest BCUT2D eigenvalue weighted by molar-refractivity contribution is 14.0. The number of piperidine rings is 1. The predicted octanol–water partition coefficient (Wildman–Crippen LogP) is 3.73. The lowest BCUT2D eigenvalue weighted by Crippen LogP contribution is -2.49. The van der Waals surface area contributed by atoms with Crippen LogP contribution in [0.4, 0.5) is 13.2 Å². The average Bonchev–Trinajstić information content (AvgIpc) is 3.25.